The Labute approximate surface area is 735 Å². The number of carbonyl (C=O) groups excluding carboxylic acids is 1. The van der Waals surface area contributed by atoms with Crippen LogP contribution in [-0.4, -0.2) is 254 Å². The van der Waals surface area contributed by atoms with E-state index in [9.17, 15) is 44.4 Å². The van der Waals surface area contributed by atoms with Crippen LogP contribution >= 0.6 is 0 Å². The summed E-state index contributed by atoms with van der Waals surface area (Å²) in [5, 5.41) is 39.1. The number of carboxylic acid groups (broad SMARTS) is 4. The molecule has 8 aromatic rings. The molecule has 0 bridgehead atoms. The van der Waals surface area contributed by atoms with Crippen molar-refractivity contribution in [1.29, 1.82) is 0 Å². The standard InChI is InChI=1S/C34H49N3O6.3C15H21NO3.3C7H8O/c1-5-6-18-36(19-10-9-17-35(2)3)32(38)24-37-23-27(25-13-14-29-26(22-25)15-20-42-29)33(34(39)40)28(37)16-21-43-31-12-8-7-11-30(31)41-4;3*1-4-13-14(15(17)18)12(9-16(13)2)10-5-7-11(19-3)8-6-10;3*1-8-7-5-3-2-4-6-7/h7-8,11-14,22,27-28,33H,5-6,9-10,15-21,23-24H2,1-4H3,(H,39,40);3*5-8,12-14H,4,9H2,1-3H3,(H,17,18);3*2-6H,1H3/t27-,28+,33-;3*12-,13+,14-;;;/m1111.../s1. The maximum Gasteiger partial charge on any atom is 0.308 e. The van der Waals surface area contributed by atoms with Crippen LogP contribution in [-0.2, 0) is 30.4 Å². The van der Waals surface area contributed by atoms with Crippen molar-refractivity contribution in [3.63, 3.8) is 0 Å². The van der Waals surface area contributed by atoms with Crippen molar-refractivity contribution >= 4 is 29.8 Å². The van der Waals surface area contributed by atoms with Crippen molar-refractivity contribution in [2.24, 2.45) is 23.7 Å². The number of benzene rings is 8. The lowest BCUT2D eigenvalue weighted by Crippen LogP contribution is -2.45. The number of rotatable bonds is 32. The molecule has 0 radical (unpaired) electrons. The molecular weight excluding hydrogens is 1570 g/mol. The van der Waals surface area contributed by atoms with Gasteiger partial charge in [-0.1, -0.05) is 149 Å². The lowest BCUT2D eigenvalue weighted by Gasteiger charge is -2.30. The molecule has 8 aromatic carbocycles. The maximum atomic E-state index is 13.8. The van der Waals surface area contributed by atoms with E-state index in [1.807, 2.05) is 247 Å². The molecule has 12 atom stereocenters. The first-order chi connectivity index (χ1) is 59.8. The second-order valence-electron chi connectivity index (χ2n) is 32.0. The lowest BCUT2D eigenvalue weighted by molar-refractivity contribution is -0.144. The molecular formula is C100H136N6O18. The fourth-order valence-corrected chi connectivity index (χ4v) is 17.5. The molecule has 0 saturated carbocycles. The van der Waals surface area contributed by atoms with Gasteiger partial charge in [-0.15, -0.1) is 0 Å². The van der Waals surface area contributed by atoms with Crippen molar-refractivity contribution in [2.45, 2.75) is 133 Å². The summed E-state index contributed by atoms with van der Waals surface area (Å²) in [6, 6.07) is 65.8. The molecule has 674 valence electrons. The van der Waals surface area contributed by atoms with E-state index in [4.69, 9.17) is 42.6 Å². The van der Waals surface area contributed by atoms with Crippen molar-refractivity contribution in [1.82, 2.24) is 29.4 Å². The number of para-hydroxylation sites is 5. The SMILES string of the molecule is CCCCN(CCCCN(C)C)C(=O)CN1C[C@H](c2ccc3c(c2)CCO3)[C@@H](C(=O)O)[C@@H]1CCOc1ccccc1OC.CC[C@H]1[C@H](C(=O)O)[C@@H](c2ccc(OC)cc2)CN1C.CC[C@H]1[C@H](C(=O)O)[C@@H](c2ccc(OC)cc2)CN1C.CC[C@H]1[C@H](C(=O)O)[C@@H](c2ccc(OC)cc2)CN1C.COc1ccccc1.COc1ccccc1.COc1ccccc1. The fraction of sp³-hybridized carbons (Fsp3) is 0.470. The highest BCUT2D eigenvalue weighted by atomic mass is 16.5. The Morgan fingerprint density at radius 2 is 0.734 bits per heavy atom. The molecule has 24 nitrogen and oxygen atoms in total. The maximum absolute atomic E-state index is 13.8. The first kappa shape index (κ1) is 100. The molecule has 0 aromatic heterocycles. The third kappa shape index (κ3) is 29.4. The minimum absolute atomic E-state index is 0.0540. The van der Waals surface area contributed by atoms with E-state index in [1.54, 1.807) is 49.8 Å². The smallest absolute Gasteiger partial charge is 0.308 e. The zero-order chi connectivity index (χ0) is 90.2. The zero-order valence-corrected chi connectivity index (χ0v) is 75.7. The van der Waals surface area contributed by atoms with Crippen LogP contribution in [0.25, 0.3) is 0 Å². The summed E-state index contributed by atoms with van der Waals surface area (Å²) in [4.78, 5) is 74.1. The monoisotopic (exact) mass is 1710 g/mol. The second-order valence-corrected chi connectivity index (χ2v) is 32.0. The molecule has 4 N–H and O–H groups in total. The molecule has 1 amide bonds. The Balaban J connectivity index is 0.000000219. The third-order valence-electron chi connectivity index (χ3n) is 24.0. The topological polar surface area (TPSA) is 269 Å². The van der Waals surface area contributed by atoms with Crippen molar-refractivity contribution in [3.8, 4) is 51.7 Å². The number of aliphatic carboxylic acids is 4. The fourth-order valence-electron chi connectivity index (χ4n) is 17.5. The van der Waals surface area contributed by atoms with Crippen molar-refractivity contribution in [3.05, 3.63) is 234 Å². The summed E-state index contributed by atoms with van der Waals surface area (Å²) >= 11 is 0. The molecule has 4 fully saturated rings. The Morgan fingerprint density at radius 3 is 1.08 bits per heavy atom. The predicted molar refractivity (Wildman–Crippen MR) is 487 cm³/mol. The van der Waals surface area contributed by atoms with Crippen LogP contribution in [0.4, 0.5) is 0 Å². The number of ether oxygens (including phenoxy) is 9. The van der Waals surface area contributed by atoms with Crippen LogP contribution in [0.1, 0.15) is 131 Å². The minimum Gasteiger partial charge on any atom is -0.497 e. The summed E-state index contributed by atoms with van der Waals surface area (Å²) < 4.78 is 47.4. The van der Waals surface area contributed by atoms with E-state index in [1.165, 1.54) is 0 Å². The normalized spacial score (nSPS) is 21.1. The van der Waals surface area contributed by atoms with Crippen molar-refractivity contribution in [2.75, 3.05) is 151 Å². The predicted octanol–water partition coefficient (Wildman–Crippen LogP) is 16.2. The van der Waals surface area contributed by atoms with E-state index in [-0.39, 0.29) is 78.0 Å². The Morgan fingerprint density at radius 1 is 0.395 bits per heavy atom. The van der Waals surface area contributed by atoms with E-state index in [0.29, 0.717) is 37.7 Å². The minimum atomic E-state index is -0.842. The summed E-state index contributed by atoms with van der Waals surface area (Å²) in [7, 11) is 21.6. The van der Waals surface area contributed by atoms with Gasteiger partial charge in [0.1, 0.15) is 40.2 Å². The second kappa shape index (κ2) is 52.7. The number of carbonyl (C=O) groups is 5. The zero-order valence-electron chi connectivity index (χ0n) is 75.7. The molecule has 5 aliphatic rings. The van der Waals surface area contributed by atoms with E-state index >= 15 is 0 Å². The number of amides is 1. The molecule has 5 heterocycles. The average Bonchev–Trinajstić information content (AvgIpc) is 1.65. The van der Waals surface area contributed by atoms with Gasteiger partial charge in [0.25, 0.3) is 0 Å². The number of likely N-dealkylation sites (N-methyl/N-ethyl adjacent to an activating group) is 3. The van der Waals surface area contributed by atoms with E-state index < -0.39 is 29.8 Å². The molecule has 4 saturated heterocycles. The molecule has 5 aliphatic heterocycles. The van der Waals surface area contributed by atoms with Crippen LogP contribution in [0, 0.1) is 23.7 Å². The number of methoxy groups -OCH3 is 7. The van der Waals surface area contributed by atoms with Gasteiger partial charge in [0.2, 0.25) is 5.91 Å². The first-order valence-corrected chi connectivity index (χ1v) is 43.2. The molecule has 124 heavy (non-hydrogen) atoms. The number of nitrogens with zero attached hydrogens (tertiary/aromatic N) is 6. The lowest BCUT2D eigenvalue weighted by atomic mass is 9.83. The Hall–Kier alpha value is -10.9. The Kier molecular flexibility index (Phi) is 42.6. The summed E-state index contributed by atoms with van der Waals surface area (Å²) in [5.74, 6) is 2.66. The molecule has 0 aliphatic carbocycles. The first-order valence-electron chi connectivity index (χ1n) is 43.2. The Bertz CT molecular complexity index is 4120. The summed E-state index contributed by atoms with van der Waals surface area (Å²) in [5.41, 5.74) is 5.35. The van der Waals surface area contributed by atoms with Gasteiger partial charge in [0.05, 0.1) is 93.2 Å². The van der Waals surface area contributed by atoms with E-state index in [2.05, 4.69) is 51.6 Å². The average molecular weight is 1710 g/mol. The van der Waals surface area contributed by atoms with Gasteiger partial charge in [0.15, 0.2) is 11.5 Å². The van der Waals surface area contributed by atoms with Crippen LogP contribution in [0.2, 0.25) is 0 Å². The number of unbranched alkanes of at least 4 members (excludes halogenated alkanes) is 2. The van der Waals surface area contributed by atoms with Crippen LogP contribution in [0.15, 0.2) is 206 Å². The van der Waals surface area contributed by atoms with Crippen molar-refractivity contribution < 1.29 is 87.0 Å². The van der Waals surface area contributed by atoms with Gasteiger partial charge in [-0.05, 0) is 206 Å². The van der Waals surface area contributed by atoms with Gasteiger partial charge in [-0.25, -0.2) is 0 Å². The highest BCUT2D eigenvalue weighted by Crippen LogP contribution is 2.44. The largest absolute Gasteiger partial charge is 0.497 e. The van der Waals surface area contributed by atoms with Gasteiger partial charge < -0.3 is 87.6 Å². The molecule has 0 unspecified atom stereocenters. The van der Waals surface area contributed by atoms with E-state index in [0.717, 1.165) is 159 Å². The highest BCUT2D eigenvalue weighted by molar-refractivity contribution is 5.79. The third-order valence-corrected chi connectivity index (χ3v) is 24.0. The number of carboxylic acids is 4. The molecule has 0 spiro atoms. The van der Waals surface area contributed by atoms with Crippen LogP contribution in [0.3, 0.4) is 0 Å². The van der Waals surface area contributed by atoms with Gasteiger partial charge in [-0.2, -0.15) is 0 Å². The van der Waals surface area contributed by atoms with Gasteiger partial charge in [-0.3, -0.25) is 28.9 Å². The van der Waals surface area contributed by atoms with Crippen LogP contribution in [0.5, 0.6) is 51.7 Å². The highest BCUT2D eigenvalue weighted by Gasteiger charge is 2.49. The van der Waals surface area contributed by atoms with Gasteiger partial charge in [0, 0.05) is 93.5 Å². The van der Waals surface area contributed by atoms with Gasteiger partial charge >= 0.3 is 23.9 Å². The number of likely N-dealkylation sites (tertiary alicyclic amines) is 4. The summed E-state index contributed by atoms with van der Waals surface area (Å²) in [6.07, 6.45) is 7.83. The number of fused-ring (bicyclic) bond motifs is 1. The number of hydrogen-bond donors (Lipinski definition) is 4. The number of hydrogen-bond acceptors (Lipinski definition) is 19. The molecule has 24 heteroatoms. The van der Waals surface area contributed by atoms with Crippen LogP contribution < -0.4 is 42.6 Å². The molecule has 13 rings (SSSR count). The quantitative estimate of drug-likeness (QED) is 0.0285. The summed E-state index contributed by atoms with van der Waals surface area (Å²) in [6.45, 7) is 14.8.